The third-order valence-corrected chi connectivity index (χ3v) is 20.9. The van der Waals surface area contributed by atoms with Crippen LogP contribution in [0.1, 0.15) is 35.5 Å². The normalized spacial score (nSPS) is 16.9. The number of fused-ring (bicyclic) bond motifs is 25. The van der Waals surface area contributed by atoms with E-state index in [1.54, 1.807) is 0 Å². The SMILES string of the molecule is c1ccc(-c2ccc(-n3c4ccccc4c4cc5c6ccc(-c7ccc8c(c7)c7c(ccc9c%10cccc%11c%10n(c97)C7Nc9ccccc9NC%117)n8-c7ccc8c9ccccc9n(-c9ccccc9)c8c7)cc6n6c5c(c43)C3Nc4ccccc4NC36)cc2)cc1. The highest BCUT2D eigenvalue weighted by atomic mass is 15.3. The van der Waals surface area contributed by atoms with Gasteiger partial charge in [0.15, 0.2) is 0 Å². The maximum absolute atomic E-state index is 4.14. The molecule has 0 saturated heterocycles. The van der Waals surface area contributed by atoms with Gasteiger partial charge in [-0.2, -0.15) is 0 Å². The number of nitrogens with zero attached hydrogens (tertiary/aromatic N) is 5. The fourth-order valence-electron chi connectivity index (χ4n) is 17.2. The van der Waals surface area contributed by atoms with Crippen LogP contribution in [0.2, 0.25) is 0 Å². The number of para-hydroxylation sites is 8. The van der Waals surface area contributed by atoms with E-state index in [-0.39, 0.29) is 24.4 Å². The first-order chi connectivity index (χ1) is 45.1. The first-order valence-corrected chi connectivity index (χ1v) is 31.7. The molecule has 5 aromatic heterocycles. The third-order valence-electron chi connectivity index (χ3n) is 20.9. The lowest BCUT2D eigenvalue weighted by atomic mass is 9.96. The molecule has 0 fully saturated rings. The van der Waals surface area contributed by atoms with Crippen LogP contribution in [0.5, 0.6) is 0 Å². The van der Waals surface area contributed by atoms with Crippen molar-refractivity contribution in [3.8, 4) is 39.3 Å². The Balaban J connectivity index is 0.795. The van der Waals surface area contributed by atoms with E-state index >= 15 is 0 Å². The van der Waals surface area contributed by atoms with Crippen LogP contribution in [-0.2, 0) is 0 Å². The van der Waals surface area contributed by atoms with E-state index in [2.05, 4.69) is 317 Å². The Labute approximate surface area is 520 Å². The van der Waals surface area contributed by atoms with E-state index < -0.39 is 0 Å². The molecule has 0 bridgehead atoms. The van der Waals surface area contributed by atoms with Gasteiger partial charge in [-0.05, 0) is 125 Å². The minimum atomic E-state index is -0.107. The molecule has 22 rings (SSSR count). The van der Waals surface area contributed by atoms with Gasteiger partial charge in [-0.3, -0.25) is 0 Å². The van der Waals surface area contributed by atoms with Crippen LogP contribution in [-0.4, -0.2) is 22.8 Å². The maximum Gasteiger partial charge on any atom is 0.129 e. The Kier molecular flexibility index (Phi) is 9.22. The fourth-order valence-corrected chi connectivity index (χ4v) is 17.2. The van der Waals surface area contributed by atoms with Gasteiger partial charge in [0.25, 0.3) is 0 Å². The largest absolute Gasteiger partial charge is 0.373 e. The van der Waals surface area contributed by atoms with Crippen molar-refractivity contribution in [1.82, 2.24) is 22.8 Å². The van der Waals surface area contributed by atoms with Gasteiger partial charge in [0, 0.05) is 82.1 Å². The zero-order chi connectivity index (χ0) is 58.9. The molecule has 4 aliphatic rings. The Morgan fingerprint density at radius 3 is 1.53 bits per heavy atom. The number of hydrogen-bond acceptors (Lipinski definition) is 4. The number of aromatic nitrogens is 5. The van der Waals surface area contributed by atoms with Crippen LogP contribution >= 0.6 is 0 Å². The summed E-state index contributed by atoms with van der Waals surface area (Å²) in [5, 5.41) is 28.8. The molecule has 9 heterocycles. The van der Waals surface area contributed by atoms with Gasteiger partial charge in [0.1, 0.15) is 12.3 Å². The molecule has 0 saturated carbocycles. The minimum Gasteiger partial charge on any atom is -0.373 e. The predicted octanol–water partition coefficient (Wildman–Crippen LogP) is 20.7. The van der Waals surface area contributed by atoms with Crippen molar-refractivity contribution in [3.63, 3.8) is 0 Å². The zero-order valence-corrected chi connectivity index (χ0v) is 49.0. The molecular weight excluding hydrogens is 1110 g/mol. The Morgan fingerprint density at radius 2 is 0.747 bits per heavy atom. The van der Waals surface area contributed by atoms with Gasteiger partial charge in [-0.1, -0.05) is 170 Å². The molecule has 9 nitrogen and oxygen atoms in total. The first kappa shape index (κ1) is 48.1. The van der Waals surface area contributed by atoms with Crippen molar-refractivity contribution in [2.24, 2.45) is 0 Å². The van der Waals surface area contributed by atoms with E-state index in [0.29, 0.717) is 0 Å². The van der Waals surface area contributed by atoms with E-state index in [1.165, 1.54) is 137 Å². The van der Waals surface area contributed by atoms with Crippen molar-refractivity contribution < 1.29 is 0 Å². The summed E-state index contributed by atoms with van der Waals surface area (Å²) in [6.07, 6.45) is -0.161. The summed E-state index contributed by atoms with van der Waals surface area (Å²) >= 11 is 0. The molecule has 13 aromatic carbocycles. The van der Waals surface area contributed by atoms with Crippen LogP contribution in [0, 0.1) is 0 Å². The van der Waals surface area contributed by atoms with Gasteiger partial charge >= 0.3 is 0 Å². The number of benzene rings is 13. The highest BCUT2D eigenvalue weighted by molar-refractivity contribution is 6.27. The highest BCUT2D eigenvalue weighted by Gasteiger charge is 2.43. The number of nitrogens with one attached hydrogen (secondary N) is 4. The lowest BCUT2D eigenvalue weighted by molar-refractivity contribution is 0.541. The molecule has 91 heavy (non-hydrogen) atoms. The summed E-state index contributed by atoms with van der Waals surface area (Å²) in [5.41, 5.74) is 27.4. The second-order valence-corrected chi connectivity index (χ2v) is 25.4. The molecule has 0 spiro atoms. The molecule has 18 aromatic rings. The quantitative estimate of drug-likeness (QED) is 0.139. The van der Waals surface area contributed by atoms with Crippen LogP contribution < -0.4 is 21.3 Å². The van der Waals surface area contributed by atoms with Crippen LogP contribution in [0.4, 0.5) is 22.7 Å². The minimum absolute atomic E-state index is 0.0495. The summed E-state index contributed by atoms with van der Waals surface area (Å²) in [5.74, 6) is 0. The molecule has 4 atom stereocenters. The first-order valence-electron chi connectivity index (χ1n) is 31.7. The summed E-state index contributed by atoms with van der Waals surface area (Å²) in [7, 11) is 0. The Hall–Kier alpha value is -11.9. The molecule has 0 amide bonds. The van der Waals surface area contributed by atoms with Crippen molar-refractivity contribution in [1.29, 1.82) is 0 Å². The summed E-state index contributed by atoms with van der Waals surface area (Å²) in [6, 6.07) is 102. The number of anilines is 4. The van der Waals surface area contributed by atoms with Gasteiger partial charge in [-0.25, -0.2) is 0 Å². The second-order valence-electron chi connectivity index (χ2n) is 25.4. The van der Waals surface area contributed by atoms with E-state index in [0.717, 1.165) is 45.3 Å². The summed E-state index contributed by atoms with van der Waals surface area (Å²) < 4.78 is 12.8. The Morgan fingerprint density at radius 1 is 0.242 bits per heavy atom. The van der Waals surface area contributed by atoms with Crippen molar-refractivity contribution in [2.45, 2.75) is 24.4 Å². The van der Waals surface area contributed by atoms with Gasteiger partial charge in [0.2, 0.25) is 0 Å². The predicted molar refractivity (Wildman–Crippen MR) is 377 cm³/mol. The molecule has 0 radical (unpaired) electrons. The standard InChI is InChI=1S/C82H53N9/c1-3-16-46(17-4-1)47-30-34-51(35-31-47)89-68-29-14-8-21-54(68)60-45-61-56-37-32-49(43-71(56)90-80(61)74(79(60)89)76-82(90)86-66-27-12-10-25-64(66)84-76)48-33-40-69-62(42-48)73-70(88(69)52-36-38-55-53-20-7-13-28-67(53)87(72(55)44-52)50-18-5-2-6-19-50)41-39-58-57-22-15-23-59-75-81(91(77(57)59)78(58)73)85-65-26-11-9-24-63(65)83-75/h1-45,75-76,81-86H. The van der Waals surface area contributed by atoms with Gasteiger partial charge < -0.3 is 44.1 Å². The van der Waals surface area contributed by atoms with Gasteiger partial charge in [0.05, 0.1) is 90.0 Å². The van der Waals surface area contributed by atoms with E-state index in [9.17, 15) is 0 Å². The summed E-state index contributed by atoms with van der Waals surface area (Å²) in [6.45, 7) is 0. The molecular formula is C82H53N9. The third kappa shape index (κ3) is 6.28. The molecule has 426 valence electrons. The van der Waals surface area contributed by atoms with Crippen molar-refractivity contribution in [3.05, 3.63) is 284 Å². The molecule has 4 N–H and O–H groups in total. The lowest BCUT2D eigenvalue weighted by Gasteiger charge is -2.34. The Bertz CT molecular complexity index is 6240. The molecule has 9 heteroatoms. The fraction of sp³-hybridized carbons (Fsp3) is 0.0488. The van der Waals surface area contributed by atoms with Gasteiger partial charge in [-0.15, -0.1) is 0 Å². The summed E-state index contributed by atoms with van der Waals surface area (Å²) in [4.78, 5) is 0. The van der Waals surface area contributed by atoms with Crippen LogP contribution in [0.25, 0.3) is 148 Å². The molecule has 4 aliphatic heterocycles. The van der Waals surface area contributed by atoms with Crippen LogP contribution in [0.15, 0.2) is 273 Å². The maximum atomic E-state index is 4.14. The number of hydrogen-bond donors (Lipinski definition) is 4. The second kappa shape index (κ2) is 17.4. The van der Waals surface area contributed by atoms with E-state index in [1.807, 2.05) is 0 Å². The average Bonchev–Trinajstić information content (AvgIpc) is 1.53. The van der Waals surface area contributed by atoms with Crippen LogP contribution in [0.3, 0.4) is 0 Å². The number of rotatable bonds is 5. The van der Waals surface area contributed by atoms with E-state index in [4.69, 9.17) is 0 Å². The smallest absolute Gasteiger partial charge is 0.129 e. The zero-order valence-electron chi connectivity index (χ0n) is 49.0. The van der Waals surface area contributed by atoms with Crippen molar-refractivity contribution in [2.75, 3.05) is 21.3 Å². The average molecular weight is 1160 g/mol. The lowest BCUT2D eigenvalue weighted by Crippen LogP contribution is -2.30. The molecule has 4 unspecified atom stereocenters. The van der Waals surface area contributed by atoms with Crippen molar-refractivity contribution >= 4 is 132 Å². The monoisotopic (exact) mass is 1160 g/mol. The molecule has 0 aliphatic carbocycles. The topological polar surface area (TPSA) is 72.8 Å². The highest BCUT2D eigenvalue weighted by Crippen LogP contribution is 2.57.